The number of benzene rings is 2. The first kappa shape index (κ1) is 21.4. The third kappa shape index (κ3) is 4.46. The summed E-state index contributed by atoms with van der Waals surface area (Å²) in [7, 11) is 0. The second kappa shape index (κ2) is 9.13. The minimum atomic E-state index is 0.0649. The van der Waals surface area contributed by atoms with Crippen LogP contribution in [-0.2, 0) is 11.3 Å². The number of carbonyl (C=O) groups excluding carboxylic acids is 1. The Morgan fingerprint density at radius 2 is 2.03 bits per heavy atom. The molecule has 2 heterocycles. The van der Waals surface area contributed by atoms with E-state index in [0.717, 1.165) is 55.0 Å². The molecule has 0 saturated carbocycles. The lowest BCUT2D eigenvalue weighted by Crippen LogP contribution is -2.30. The molecule has 0 bridgehead atoms. The van der Waals surface area contributed by atoms with E-state index in [1.807, 2.05) is 11.0 Å². The number of rotatable bonds is 7. The van der Waals surface area contributed by atoms with Gasteiger partial charge in [-0.1, -0.05) is 38.1 Å². The normalized spacial score (nSPS) is 16.4. The largest absolute Gasteiger partial charge is 0.493 e. The highest BCUT2D eigenvalue weighted by atomic mass is 16.5. The molecule has 0 aliphatic carbocycles. The van der Waals surface area contributed by atoms with E-state index in [9.17, 15) is 4.79 Å². The fourth-order valence-corrected chi connectivity index (χ4v) is 4.64. The van der Waals surface area contributed by atoms with Gasteiger partial charge in [-0.2, -0.15) is 0 Å². The van der Waals surface area contributed by atoms with Crippen LogP contribution in [0.1, 0.15) is 68.9 Å². The first-order valence-electron chi connectivity index (χ1n) is 11.4. The molecule has 0 spiro atoms. The lowest BCUT2D eigenvalue weighted by molar-refractivity contribution is -0.129. The van der Waals surface area contributed by atoms with Gasteiger partial charge in [-0.05, 0) is 61.4 Å². The fourth-order valence-electron chi connectivity index (χ4n) is 4.64. The van der Waals surface area contributed by atoms with Crippen molar-refractivity contribution in [2.45, 2.75) is 65.5 Å². The van der Waals surface area contributed by atoms with Crippen LogP contribution in [0.4, 0.5) is 0 Å². The predicted molar refractivity (Wildman–Crippen MR) is 124 cm³/mol. The van der Waals surface area contributed by atoms with E-state index < -0.39 is 0 Å². The van der Waals surface area contributed by atoms with Crippen molar-refractivity contribution in [3.8, 4) is 5.75 Å². The number of imidazole rings is 1. The molecule has 3 aromatic rings. The zero-order valence-electron chi connectivity index (χ0n) is 19.1. The van der Waals surface area contributed by atoms with Crippen molar-refractivity contribution in [1.82, 2.24) is 14.5 Å². The van der Waals surface area contributed by atoms with Gasteiger partial charge in [0.15, 0.2) is 0 Å². The summed E-state index contributed by atoms with van der Waals surface area (Å²) in [4.78, 5) is 19.1. The summed E-state index contributed by atoms with van der Waals surface area (Å²) in [6, 6.07) is 14.8. The van der Waals surface area contributed by atoms with Crippen molar-refractivity contribution in [1.29, 1.82) is 0 Å². The molecule has 0 radical (unpaired) electrons. The Morgan fingerprint density at radius 1 is 1.23 bits per heavy atom. The molecule has 31 heavy (non-hydrogen) atoms. The molecule has 1 aliphatic rings. The van der Waals surface area contributed by atoms with Gasteiger partial charge in [0.1, 0.15) is 11.6 Å². The average Bonchev–Trinajstić information content (AvgIpc) is 3.36. The van der Waals surface area contributed by atoms with E-state index in [0.29, 0.717) is 12.5 Å². The molecular weight excluding hydrogens is 386 g/mol. The van der Waals surface area contributed by atoms with Gasteiger partial charge >= 0.3 is 0 Å². The topological polar surface area (TPSA) is 47.4 Å². The molecule has 1 amide bonds. The fraction of sp³-hybridized carbons (Fsp3) is 0.462. The lowest BCUT2D eigenvalue weighted by atomic mass is 10.0. The number of hydrogen-bond donors (Lipinski definition) is 0. The van der Waals surface area contributed by atoms with Gasteiger partial charge in [-0.25, -0.2) is 4.98 Å². The Kier molecular flexibility index (Phi) is 6.30. The number of fused-ring (bicyclic) bond motifs is 1. The monoisotopic (exact) mass is 419 g/mol. The Morgan fingerprint density at radius 3 is 2.81 bits per heavy atom. The van der Waals surface area contributed by atoms with Gasteiger partial charge in [0.05, 0.1) is 23.7 Å². The molecule has 2 aromatic carbocycles. The standard InChI is InChI=1S/C26H33N3O2/c1-18(2)21-13-12-19(3)17-25(21)31-16-8-15-29-23-10-6-5-9-22(23)27-26(29)24-11-7-14-28(24)20(4)30/h5-6,9-10,12-13,17-18,24H,7-8,11,14-16H2,1-4H3. The predicted octanol–water partition coefficient (Wildman–Crippen LogP) is 5.62. The first-order chi connectivity index (χ1) is 15.0. The molecule has 164 valence electrons. The smallest absolute Gasteiger partial charge is 0.220 e. The molecule has 5 heteroatoms. The molecule has 1 unspecified atom stereocenters. The van der Waals surface area contributed by atoms with Gasteiger partial charge in [0.25, 0.3) is 0 Å². The van der Waals surface area contributed by atoms with Crippen molar-refractivity contribution in [2.75, 3.05) is 13.2 Å². The molecule has 1 aromatic heterocycles. The van der Waals surface area contributed by atoms with Crippen LogP contribution in [0.25, 0.3) is 11.0 Å². The van der Waals surface area contributed by atoms with Crippen molar-refractivity contribution >= 4 is 16.9 Å². The number of aromatic nitrogens is 2. The summed E-state index contributed by atoms with van der Waals surface area (Å²) in [5.41, 5.74) is 4.59. The van der Waals surface area contributed by atoms with Crippen LogP contribution in [0.3, 0.4) is 0 Å². The number of nitrogens with zero attached hydrogens (tertiary/aromatic N) is 3. The van der Waals surface area contributed by atoms with E-state index >= 15 is 0 Å². The van der Waals surface area contributed by atoms with Crippen molar-refractivity contribution in [3.63, 3.8) is 0 Å². The van der Waals surface area contributed by atoms with Crippen LogP contribution in [0, 0.1) is 6.92 Å². The highest BCUT2D eigenvalue weighted by molar-refractivity contribution is 5.77. The van der Waals surface area contributed by atoms with E-state index in [1.165, 1.54) is 11.1 Å². The molecule has 4 rings (SSSR count). The molecule has 0 N–H and O–H groups in total. The zero-order valence-corrected chi connectivity index (χ0v) is 19.1. The number of amides is 1. The Hall–Kier alpha value is -2.82. The number of likely N-dealkylation sites (tertiary alicyclic amines) is 1. The Labute approximate surface area is 185 Å². The number of aryl methyl sites for hydroxylation is 2. The summed E-state index contributed by atoms with van der Waals surface area (Å²) in [6.45, 7) is 10.4. The van der Waals surface area contributed by atoms with Gasteiger partial charge in [-0.15, -0.1) is 0 Å². The summed E-state index contributed by atoms with van der Waals surface area (Å²) >= 11 is 0. The molecule has 1 atom stereocenters. The maximum atomic E-state index is 12.2. The van der Waals surface area contributed by atoms with E-state index in [1.54, 1.807) is 6.92 Å². The Balaban J connectivity index is 1.53. The van der Waals surface area contributed by atoms with Gasteiger partial charge < -0.3 is 14.2 Å². The van der Waals surface area contributed by atoms with Gasteiger partial charge in [-0.3, -0.25) is 4.79 Å². The molecule has 5 nitrogen and oxygen atoms in total. The number of carbonyl (C=O) groups is 1. The Bertz CT molecular complexity index is 1070. The molecule has 1 saturated heterocycles. The minimum absolute atomic E-state index is 0.0649. The van der Waals surface area contributed by atoms with Crippen LogP contribution in [-0.4, -0.2) is 33.5 Å². The van der Waals surface area contributed by atoms with Crippen LogP contribution in [0.2, 0.25) is 0 Å². The van der Waals surface area contributed by atoms with Crippen LogP contribution < -0.4 is 4.74 Å². The van der Waals surface area contributed by atoms with Gasteiger partial charge in [0, 0.05) is 20.0 Å². The van der Waals surface area contributed by atoms with E-state index in [2.05, 4.69) is 61.7 Å². The minimum Gasteiger partial charge on any atom is -0.493 e. The van der Waals surface area contributed by atoms with E-state index in [4.69, 9.17) is 9.72 Å². The van der Waals surface area contributed by atoms with Crippen molar-refractivity contribution in [3.05, 3.63) is 59.4 Å². The van der Waals surface area contributed by atoms with Crippen LogP contribution in [0.15, 0.2) is 42.5 Å². The third-order valence-corrected chi connectivity index (χ3v) is 6.21. The van der Waals surface area contributed by atoms with Crippen LogP contribution >= 0.6 is 0 Å². The summed E-state index contributed by atoms with van der Waals surface area (Å²) < 4.78 is 8.51. The maximum Gasteiger partial charge on any atom is 0.220 e. The second-order valence-electron chi connectivity index (χ2n) is 8.88. The second-order valence-corrected chi connectivity index (χ2v) is 8.88. The first-order valence-corrected chi connectivity index (χ1v) is 11.4. The zero-order chi connectivity index (χ0) is 22.0. The quantitative estimate of drug-likeness (QED) is 0.467. The number of para-hydroxylation sites is 2. The lowest BCUT2D eigenvalue weighted by Gasteiger charge is -2.24. The van der Waals surface area contributed by atoms with E-state index in [-0.39, 0.29) is 11.9 Å². The highest BCUT2D eigenvalue weighted by Crippen LogP contribution is 2.34. The summed E-state index contributed by atoms with van der Waals surface area (Å²) in [5, 5.41) is 0. The summed E-state index contributed by atoms with van der Waals surface area (Å²) in [6.07, 6.45) is 2.88. The maximum absolute atomic E-state index is 12.2. The highest BCUT2D eigenvalue weighted by Gasteiger charge is 2.32. The number of ether oxygens (including phenoxy) is 1. The molecule has 1 fully saturated rings. The van der Waals surface area contributed by atoms with Gasteiger partial charge in [0.2, 0.25) is 5.91 Å². The van der Waals surface area contributed by atoms with Crippen molar-refractivity contribution < 1.29 is 9.53 Å². The number of hydrogen-bond acceptors (Lipinski definition) is 3. The molecule has 1 aliphatic heterocycles. The van der Waals surface area contributed by atoms with Crippen molar-refractivity contribution in [2.24, 2.45) is 0 Å². The third-order valence-electron chi connectivity index (χ3n) is 6.21. The SMILES string of the molecule is CC(=O)N1CCCC1c1nc2ccccc2n1CCCOc1cc(C)ccc1C(C)C. The summed E-state index contributed by atoms with van der Waals surface area (Å²) in [5.74, 6) is 2.56. The molecular formula is C26H33N3O2. The van der Waals surface area contributed by atoms with Crippen LogP contribution in [0.5, 0.6) is 5.75 Å². The average molecular weight is 420 g/mol.